The third-order valence-electron chi connectivity index (χ3n) is 1.54. The molecule has 10 heavy (non-hydrogen) atoms. The molecular weight excluding hydrogens is 226 g/mol. The standard InChI is InChI=1S/C6H13NO2.Ag/c1-3-4(2)5(7)6(8)9;/h4-5H,3,7H2,1-2H3,(H,8,9);. The van der Waals surface area contributed by atoms with Crippen LogP contribution in [-0.4, -0.2) is 17.1 Å². The minimum absolute atomic E-state index is 0. The summed E-state index contributed by atoms with van der Waals surface area (Å²) < 4.78 is 0. The Kier molecular flexibility index (Phi) is 7.58. The number of rotatable bonds is 3. The summed E-state index contributed by atoms with van der Waals surface area (Å²) in [5.74, 6) is -0.841. The molecule has 0 spiro atoms. The van der Waals surface area contributed by atoms with Crippen LogP contribution in [0.5, 0.6) is 0 Å². The van der Waals surface area contributed by atoms with Gasteiger partial charge in [-0.05, 0) is 5.92 Å². The Bertz CT molecular complexity index is 108. The summed E-state index contributed by atoms with van der Waals surface area (Å²) >= 11 is 0. The predicted octanol–water partition coefficient (Wildman–Crippen LogP) is 0.442. The smallest absolute Gasteiger partial charge is 0.320 e. The van der Waals surface area contributed by atoms with Gasteiger partial charge in [-0.25, -0.2) is 0 Å². The van der Waals surface area contributed by atoms with Crippen molar-refractivity contribution in [2.45, 2.75) is 26.3 Å². The zero-order valence-corrected chi connectivity index (χ0v) is 7.58. The molecule has 0 aliphatic rings. The first kappa shape index (κ1) is 12.8. The van der Waals surface area contributed by atoms with Gasteiger partial charge in [0.05, 0.1) is 0 Å². The van der Waals surface area contributed by atoms with Gasteiger partial charge in [0.25, 0.3) is 0 Å². The Morgan fingerprint density at radius 1 is 1.70 bits per heavy atom. The van der Waals surface area contributed by atoms with Crippen LogP contribution in [0, 0.1) is 5.92 Å². The van der Waals surface area contributed by atoms with Crippen LogP contribution in [0.25, 0.3) is 0 Å². The molecule has 1 radical (unpaired) electrons. The SMILES string of the molecule is CCC(C)C(N)C(=O)O.[Ag]. The van der Waals surface area contributed by atoms with Crippen molar-refractivity contribution in [1.29, 1.82) is 0 Å². The maximum Gasteiger partial charge on any atom is 0.320 e. The summed E-state index contributed by atoms with van der Waals surface area (Å²) in [7, 11) is 0. The van der Waals surface area contributed by atoms with Crippen molar-refractivity contribution in [2.24, 2.45) is 11.7 Å². The monoisotopic (exact) mass is 238 g/mol. The van der Waals surface area contributed by atoms with E-state index in [0.717, 1.165) is 6.42 Å². The average molecular weight is 239 g/mol. The first-order valence-electron chi connectivity index (χ1n) is 3.08. The zero-order chi connectivity index (χ0) is 7.44. The molecule has 0 aromatic heterocycles. The average Bonchev–Trinajstić information content (AvgIpc) is 1.84. The maximum atomic E-state index is 10.2. The summed E-state index contributed by atoms with van der Waals surface area (Å²) in [6.07, 6.45) is 0.813. The van der Waals surface area contributed by atoms with Gasteiger partial charge in [0, 0.05) is 22.4 Å². The predicted molar refractivity (Wildman–Crippen MR) is 35.1 cm³/mol. The van der Waals surface area contributed by atoms with Gasteiger partial charge in [0.1, 0.15) is 6.04 Å². The molecule has 0 amide bonds. The Morgan fingerprint density at radius 2 is 2.10 bits per heavy atom. The van der Waals surface area contributed by atoms with E-state index in [2.05, 4.69) is 0 Å². The van der Waals surface area contributed by atoms with E-state index in [-0.39, 0.29) is 28.3 Å². The van der Waals surface area contributed by atoms with E-state index in [1.807, 2.05) is 13.8 Å². The quantitative estimate of drug-likeness (QED) is 0.702. The van der Waals surface area contributed by atoms with E-state index in [0.29, 0.717) is 0 Å². The number of carboxylic acid groups (broad SMARTS) is 1. The first-order chi connectivity index (χ1) is 4.09. The molecule has 3 nitrogen and oxygen atoms in total. The molecule has 0 saturated carbocycles. The minimum Gasteiger partial charge on any atom is -0.480 e. The van der Waals surface area contributed by atoms with Crippen LogP contribution in [0.1, 0.15) is 20.3 Å². The van der Waals surface area contributed by atoms with Crippen molar-refractivity contribution in [3.8, 4) is 0 Å². The van der Waals surface area contributed by atoms with E-state index in [1.54, 1.807) is 0 Å². The third-order valence-corrected chi connectivity index (χ3v) is 1.54. The van der Waals surface area contributed by atoms with Gasteiger partial charge in [-0.15, -0.1) is 0 Å². The molecule has 0 heterocycles. The number of carboxylic acids is 1. The van der Waals surface area contributed by atoms with Crippen molar-refractivity contribution in [3.63, 3.8) is 0 Å². The van der Waals surface area contributed by atoms with Gasteiger partial charge in [-0.1, -0.05) is 20.3 Å². The molecule has 0 rings (SSSR count). The van der Waals surface area contributed by atoms with Crippen LogP contribution >= 0.6 is 0 Å². The molecule has 2 unspecified atom stereocenters. The summed E-state index contributed by atoms with van der Waals surface area (Å²) in [5, 5.41) is 8.36. The first-order valence-corrected chi connectivity index (χ1v) is 3.08. The topological polar surface area (TPSA) is 63.3 Å². The van der Waals surface area contributed by atoms with Crippen molar-refractivity contribution in [3.05, 3.63) is 0 Å². The summed E-state index contributed by atoms with van der Waals surface area (Å²) in [4.78, 5) is 10.2. The van der Waals surface area contributed by atoms with Crippen LogP contribution in [0.3, 0.4) is 0 Å². The Hall–Kier alpha value is 0.170. The molecule has 0 aromatic rings. The summed E-state index contributed by atoms with van der Waals surface area (Å²) in [6, 6.07) is -0.699. The molecule has 0 fully saturated rings. The number of hydrogen-bond acceptors (Lipinski definition) is 2. The molecule has 65 valence electrons. The maximum absolute atomic E-state index is 10.2. The van der Waals surface area contributed by atoms with Crippen molar-refractivity contribution in [1.82, 2.24) is 0 Å². The molecule has 0 bridgehead atoms. The van der Waals surface area contributed by atoms with Crippen LogP contribution in [0.2, 0.25) is 0 Å². The summed E-state index contributed by atoms with van der Waals surface area (Å²) in [6.45, 7) is 3.76. The molecular formula is C6H13AgNO2. The van der Waals surface area contributed by atoms with Gasteiger partial charge in [-0.2, -0.15) is 0 Å². The Morgan fingerprint density at radius 3 is 2.20 bits per heavy atom. The zero-order valence-electron chi connectivity index (χ0n) is 6.10. The third kappa shape index (κ3) is 4.06. The van der Waals surface area contributed by atoms with E-state index >= 15 is 0 Å². The minimum atomic E-state index is -0.913. The van der Waals surface area contributed by atoms with Crippen LogP contribution in [0.4, 0.5) is 0 Å². The molecule has 2 atom stereocenters. The van der Waals surface area contributed by atoms with Gasteiger partial charge >= 0.3 is 5.97 Å². The van der Waals surface area contributed by atoms with E-state index in [4.69, 9.17) is 10.8 Å². The molecule has 3 N–H and O–H groups in total. The largest absolute Gasteiger partial charge is 0.480 e. The van der Waals surface area contributed by atoms with Crippen LogP contribution in [0.15, 0.2) is 0 Å². The molecule has 0 aliphatic heterocycles. The van der Waals surface area contributed by atoms with Crippen LogP contribution < -0.4 is 5.73 Å². The van der Waals surface area contributed by atoms with E-state index in [9.17, 15) is 4.79 Å². The molecule has 4 heteroatoms. The normalized spacial score (nSPS) is 15.1. The van der Waals surface area contributed by atoms with E-state index < -0.39 is 12.0 Å². The fourth-order valence-corrected chi connectivity index (χ4v) is 0.497. The van der Waals surface area contributed by atoms with Gasteiger partial charge in [-0.3, -0.25) is 4.79 Å². The van der Waals surface area contributed by atoms with E-state index in [1.165, 1.54) is 0 Å². The molecule has 0 saturated heterocycles. The van der Waals surface area contributed by atoms with Crippen molar-refractivity contribution >= 4 is 5.97 Å². The Balaban J connectivity index is 0. The molecule has 0 aromatic carbocycles. The fraction of sp³-hybridized carbons (Fsp3) is 0.833. The van der Waals surface area contributed by atoms with Gasteiger partial charge in [0.2, 0.25) is 0 Å². The van der Waals surface area contributed by atoms with Crippen molar-refractivity contribution < 1.29 is 32.3 Å². The summed E-state index contributed by atoms with van der Waals surface area (Å²) in [5.41, 5.74) is 5.27. The van der Waals surface area contributed by atoms with Gasteiger partial charge < -0.3 is 10.8 Å². The number of carbonyl (C=O) groups is 1. The number of hydrogen-bond donors (Lipinski definition) is 2. The fourth-order valence-electron chi connectivity index (χ4n) is 0.497. The van der Waals surface area contributed by atoms with Gasteiger partial charge in [0.15, 0.2) is 0 Å². The second-order valence-electron chi connectivity index (χ2n) is 2.25. The second-order valence-corrected chi connectivity index (χ2v) is 2.25. The molecule has 0 aliphatic carbocycles. The number of nitrogens with two attached hydrogens (primary N) is 1. The van der Waals surface area contributed by atoms with Crippen molar-refractivity contribution in [2.75, 3.05) is 0 Å². The van der Waals surface area contributed by atoms with Crippen LogP contribution in [-0.2, 0) is 27.2 Å². The second kappa shape index (κ2) is 5.92. The Labute approximate surface area is 76.5 Å². The number of aliphatic carboxylic acids is 1.